The number of fused-ring (bicyclic) bond motifs is 2. The van der Waals surface area contributed by atoms with Crippen molar-refractivity contribution in [2.45, 2.75) is 6.92 Å². The molecule has 6 aromatic rings. The van der Waals surface area contributed by atoms with Gasteiger partial charge < -0.3 is 12.5 Å². The van der Waals surface area contributed by atoms with Gasteiger partial charge in [0.2, 0.25) is 0 Å². The molecule has 0 radical (unpaired) electrons. The first kappa shape index (κ1) is 26.6. The predicted octanol–water partition coefficient (Wildman–Crippen LogP) is 7.34. The van der Waals surface area contributed by atoms with Crippen molar-refractivity contribution in [3.63, 3.8) is 0 Å². The summed E-state index contributed by atoms with van der Waals surface area (Å²) in [5, 5.41) is 20.1. The second-order valence-electron chi connectivity index (χ2n) is 8.95. The Morgan fingerprint density at radius 1 is 0.541 bits per heavy atom. The van der Waals surface area contributed by atoms with Crippen LogP contribution in [0.25, 0.3) is 32.7 Å². The second kappa shape index (κ2) is 11.3. The molecule has 3 heteroatoms. The molecular weight excluding hydrogens is 514 g/mol. The summed E-state index contributed by atoms with van der Waals surface area (Å²) in [7, 11) is -1.35. The number of hydrogen-bond acceptors (Lipinski definition) is 1. The molecule has 1 N–H and O–H groups in total. The molecule has 0 saturated heterocycles. The third kappa shape index (κ3) is 4.81. The Morgan fingerprint density at radius 2 is 1.03 bits per heavy atom. The van der Waals surface area contributed by atoms with Crippen molar-refractivity contribution in [2.75, 3.05) is 0 Å². The van der Waals surface area contributed by atoms with E-state index in [9.17, 15) is 5.11 Å². The van der Waals surface area contributed by atoms with E-state index in [0.717, 1.165) is 27.5 Å². The van der Waals surface area contributed by atoms with Gasteiger partial charge in [0, 0.05) is 11.1 Å². The van der Waals surface area contributed by atoms with E-state index in [0.29, 0.717) is 5.75 Å². The van der Waals surface area contributed by atoms with Crippen LogP contribution < -0.4 is 15.9 Å². The Labute approximate surface area is 230 Å². The topological polar surface area (TPSA) is 20.2 Å². The van der Waals surface area contributed by atoms with Gasteiger partial charge in [-0.25, -0.2) is 0 Å². The molecule has 0 amide bonds. The Kier molecular flexibility index (Phi) is 8.14. The van der Waals surface area contributed by atoms with Gasteiger partial charge in [0.1, 0.15) is 21.7 Å². The maximum atomic E-state index is 11.6. The van der Waals surface area contributed by atoms with Crippen molar-refractivity contribution in [3.8, 4) is 16.9 Å². The number of rotatable bonds is 4. The van der Waals surface area contributed by atoms with Gasteiger partial charge in [0.05, 0.1) is 7.92 Å². The predicted molar refractivity (Wildman–Crippen MR) is 161 cm³/mol. The average molecular weight is 544 g/mol. The molecule has 0 aliphatic heterocycles. The Balaban J connectivity index is 0.00000160. The molecule has 0 bridgehead atoms. The van der Waals surface area contributed by atoms with Gasteiger partial charge in [-0.1, -0.05) is 91.0 Å². The normalized spacial score (nSPS) is 10.8. The third-order valence-corrected chi connectivity index (χ3v) is 9.56. The zero-order valence-electron chi connectivity index (χ0n) is 20.9. The molecule has 0 aliphatic carbocycles. The van der Waals surface area contributed by atoms with E-state index in [-0.39, 0.29) is 23.9 Å². The monoisotopic (exact) mass is 543 g/mol. The average Bonchev–Trinajstić information content (AvgIpc) is 2.91. The van der Waals surface area contributed by atoms with Crippen LogP contribution in [0.5, 0.6) is 5.75 Å². The van der Waals surface area contributed by atoms with Crippen molar-refractivity contribution in [3.05, 3.63) is 140 Å². The summed E-state index contributed by atoms with van der Waals surface area (Å²) in [5.74, 6) is 0.365. The van der Waals surface area contributed by atoms with Gasteiger partial charge >= 0.3 is 16.5 Å². The standard InChI is InChI=1S/C33H25OP.CH3.Ni.H/c1-23-22-25-13-9-11-19-29(25)32(33(23)34)31-28-18-10-8-12-24(28)20-21-30(31)35(26-14-4-2-5-15-26)27-16-6-3-7-17-27;;;/h2-22,34H,1H3;1H3;;/q;-1;;/p+1. The van der Waals surface area contributed by atoms with E-state index < -0.39 is 7.92 Å². The van der Waals surface area contributed by atoms with Crippen LogP contribution in [0.4, 0.5) is 0 Å². The summed E-state index contributed by atoms with van der Waals surface area (Å²) in [6, 6.07) is 45.2. The molecular formula is C34H30NiOP. The van der Waals surface area contributed by atoms with Crippen LogP contribution in [0.15, 0.2) is 127 Å². The van der Waals surface area contributed by atoms with Crippen molar-refractivity contribution < 1.29 is 21.6 Å². The van der Waals surface area contributed by atoms with Crippen molar-refractivity contribution >= 4 is 45.4 Å². The van der Waals surface area contributed by atoms with Crippen LogP contribution in [0, 0.1) is 14.4 Å². The maximum absolute atomic E-state index is 11.6. The zero-order valence-corrected chi connectivity index (χ0v) is 22.9. The summed E-state index contributed by atoms with van der Waals surface area (Å²) in [4.78, 5) is 0. The molecule has 0 aliphatic rings. The van der Waals surface area contributed by atoms with Crippen molar-refractivity contribution in [1.29, 1.82) is 0 Å². The molecule has 6 aromatic carbocycles. The fraction of sp³-hybridized carbons (Fsp3) is 0.0294. The van der Waals surface area contributed by atoms with Gasteiger partial charge in [0.15, 0.2) is 0 Å². The van der Waals surface area contributed by atoms with Gasteiger partial charge in [0.25, 0.3) is 0 Å². The van der Waals surface area contributed by atoms with E-state index in [1.165, 1.54) is 26.7 Å². The summed E-state index contributed by atoms with van der Waals surface area (Å²) in [6.45, 7) is 2.00. The molecule has 1 nitrogen and oxygen atoms in total. The van der Waals surface area contributed by atoms with Crippen LogP contribution in [0.3, 0.4) is 0 Å². The Hall–Kier alpha value is -3.44. The van der Waals surface area contributed by atoms with Crippen LogP contribution in [-0.2, 0) is 16.5 Å². The minimum absolute atomic E-state index is 0. The molecule has 0 unspecified atom stereocenters. The van der Waals surface area contributed by atoms with Gasteiger partial charge in [-0.15, -0.1) is 0 Å². The van der Waals surface area contributed by atoms with Crippen LogP contribution in [-0.4, -0.2) is 5.11 Å². The van der Waals surface area contributed by atoms with E-state index in [2.05, 4.69) is 127 Å². The molecule has 0 heterocycles. The fourth-order valence-corrected chi connectivity index (χ4v) is 7.93. The molecule has 6 rings (SSSR count). The van der Waals surface area contributed by atoms with Crippen LogP contribution in [0.2, 0.25) is 0 Å². The van der Waals surface area contributed by atoms with Crippen molar-refractivity contribution in [2.24, 2.45) is 0 Å². The summed E-state index contributed by atoms with van der Waals surface area (Å²) in [5.41, 5.74) is 2.97. The number of aromatic hydroxyl groups is 1. The van der Waals surface area contributed by atoms with Crippen LogP contribution >= 0.6 is 7.92 Å². The van der Waals surface area contributed by atoms with Gasteiger partial charge in [-0.05, 0) is 70.4 Å². The van der Waals surface area contributed by atoms with E-state index in [1.54, 1.807) is 0 Å². The number of phenolic OH excluding ortho intramolecular Hbond substituents is 1. The SMILES string of the molecule is Cc1cc2ccccc2c(-c2c([PH+](c3ccccc3)c3ccccc3)ccc3ccccc23)c1O.[CH3-].[NiH]. The van der Waals surface area contributed by atoms with E-state index in [1.807, 2.05) is 6.92 Å². The number of hydrogen-bond donors (Lipinski definition) is 1. The number of phenols is 1. The summed E-state index contributed by atoms with van der Waals surface area (Å²) in [6.07, 6.45) is 0. The molecule has 37 heavy (non-hydrogen) atoms. The number of aryl methyl sites for hydroxylation is 1. The first-order valence-corrected chi connectivity index (χ1v) is 13.4. The Morgan fingerprint density at radius 3 is 1.62 bits per heavy atom. The van der Waals surface area contributed by atoms with E-state index >= 15 is 0 Å². The Bertz CT molecular complexity index is 1620. The molecule has 0 aromatic heterocycles. The van der Waals surface area contributed by atoms with Gasteiger partial charge in [-0.3, -0.25) is 0 Å². The molecule has 0 fully saturated rings. The van der Waals surface area contributed by atoms with Crippen molar-refractivity contribution in [1.82, 2.24) is 0 Å². The summed E-state index contributed by atoms with van der Waals surface area (Å²) >= 11 is 0. The number of benzene rings is 6. The molecule has 0 saturated carbocycles. The first-order valence-electron chi connectivity index (χ1n) is 11.9. The van der Waals surface area contributed by atoms with Gasteiger partial charge in [-0.2, -0.15) is 0 Å². The minimum atomic E-state index is -1.35. The molecule has 187 valence electrons. The zero-order chi connectivity index (χ0) is 23.8. The molecule has 0 atom stereocenters. The quantitative estimate of drug-likeness (QED) is 0.140. The van der Waals surface area contributed by atoms with E-state index in [4.69, 9.17) is 0 Å². The molecule has 0 spiro atoms. The fourth-order valence-electron chi connectivity index (χ4n) is 5.17. The third-order valence-electron chi connectivity index (χ3n) is 6.79. The van der Waals surface area contributed by atoms with Crippen LogP contribution in [0.1, 0.15) is 5.56 Å². The second-order valence-corrected chi connectivity index (χ2v) is 11.4. The summed E-state index contributed by atoms with van der Waals surface area (Å²) < 4.78 is 0. The first-order chi connectivity index (χ1) is 17.2.